The predicted molar refractivity (Wildman–Crippen MR) is 59.7 cm³/mol. The molecule has 0 saturated carbocycles. The summed E-state index contributed by atoms with van der Waals surface area (Å²) in [5.41, 5.74) is 0.773. The van der Waals surface area contributed by atoms with Crippen molar-refractivity contribution in [3.05, 3.63) is 24.9 Å². The van der Waals surface area contributed by atoms with E-state index in [9.17, 15) is 0 Å². The first-order chi connectivity index (χ1) is 6.63. The highest BCUT2D eigenvalue weighted by Crippen LogP contribution is 1.98. The molecule has 0 aromatic heterocycles. The lowest BCUT2D eigenvalue weighted by Gasteiger charge is -2.22. The summed E-state index contributed by atoms with van der Waals surface area (Å²) in [5, 5.41) is 11.8. The summed E-state index contributed by atoms with van der Waals surface area (Å²) in [5.74, 6) is 0. The molecule has 0 aromatic rings. The van der Waals surface area contributed by atoms with E-state index in [0.29, 0.717) is 6.42 Å². The molecule has 14 heavy (non-hydrogen) atoms. The van der Waals surface area contributed by atoms with Gasteiger partial charge in [-0.2, -0.15) is 5.26 Å². The quantitative estimate of drug-likeness (QED) is 0.623. The first-order valence-corrected chi connectivity index (χ1v) is 4.77. The third-order valence-corrected chi connectivity index (χ3v) is 2.05. The maximum absolute atomic E-state index is 8.64. The Bertz CT molecular complexity index is 227. The van der Waals surface area contributed by atoms with Crippen LogP contribution in [-0.2, 0) is 0 Å². The maximum atomic E-state index is 8.64. The Kier molecular flexibility index (Phi) is 6.51. The normalized spacial score (nSPS) is 11.9. The van der Waals surface area contributed by atoms with Crippen LogP contribution in [0.2, 0.25) is 0 Å². The van der Waals surface area contributed by atoms with Crippen molar-refractivity contribution in [2.24, 2.45) is 0 Å². The Morgan fingerprint density at radius 2 is 2.36 bits per heavy atom. The van der Waals surface area contributed by atoms with Crippen molar-refractivity contribution in [2.45, 2.75) is 19.4 Å². The van der Waals surface area contributed by atoms with E-state index in [2.05, 4.69) is 36.4 Å². The minimum Gasteiger partial charge on any atom is -0.380 e. The number of hydrogen-bond acceptors (Lipinski definition) is 3. The van der Waals surface area contributed by atoms with Crippen LogP contribution < -0.4 is 5.32 Å². The van der Waals surface area contributed by atoms with E-state index in [1.54, 1.807) is 6.08 Å². The van der Waals surface area contributed by atoms with Gasteiger partial charge in [-0.05, 0) is 19.7 Å². The van der Waals surface area contributed by atoms with Crippen LogP contribution in [-0.4, -0.2) is 31.1 Å². The van der Waals surface area contributed by atoms with E-state index >= 15 is 0 Å². The highest BCUT2D eigenvalue weighted by molar-refractivity contribution is 5.10. The second-order valence-electron chi connectivity index (χ2n) is 3.29. The Labute approximate surface area is 86.7 Å². The number of likely N-dealkylation sites (N-methyl/N-ethyl adjacent to an activating group) is 1. The second kappa shape index (κ2) is 7.16. The molecule has 1 unspecified atom stereocenters. The highest BCUT2D eigenvalue weighted by Gasteiger charge is 2.09. The van der Waals surface area contributed by atoms with E-state index in [1.165, 1.54) is 0 Å². The van der Waals surface area contributed by atoms with Crippen molar-refractivity contribution in [1.82, 2.24) is 10.2 Å². The third kappa shape index (κ3) is 5.39. The number of hydrogen-bond donors (Lipinski definition) is 1. The van der Waals surface area contributed by atoms with Crippen LogP contribution in [0.25, 0.3) is 0 Å². The lowest BCUT2D eigenvalue weighted by Crippen LogP contribution is -2.38. The molecule has 0 heterocycles. The molecular formula is C11H19N3. The van der Waals surface area contributed by atoms with Gasteiger partial charge >= 0.3 is 0 Å². The third-order valence-electron chi connectivity index (χ3n) is 2.05. The Hall–Kier alpha value is -1.27. The molecule has 0 spiro atoms. The predicted octanol–water partition coefficient (Wildman–Crippen LogP) is 1.51. The fourth-order valence-electron chi connectivity index (χ4n) is 1.10. The molecule has 0 bridgehead atoms. The average Bonchev–Trinajstić information content (AvgIpc) is 2.17. The van der Waals surface area contributed by atoms with E-state index in [-0.39, 0.29) is 6.04 Å². The maximum Gasteiger partial charge on any atom is 0.0643 e. The SMILES string of the molecule is C=CC(=C)NC(CC#N)CN(C)CC. The van der Waals surface area contributed by atoms with Crippen molar-refractivity contribution in [3.8, 4) is 6.07 Å². The Morgan fingerprint density at radius 3 is 2.79 bits per heavy atom. The number of nitrogens with zero attached hydrogens (tertiary/aromatic N) is 2. The zero-order valence-electron chi connectivity index (χ0n) is 9.08. The van der Waals surface area contributed by atoms with Crippen molar-refractivity contribution in [2.75, 3.05) is 20.1 Å². The van der Waals surface area contributed by atoms with Crippen LogP contribution in [0.5, 0.6) is 0 Å². The monoisotopic (exact) mass is 193 g/mol. The molecule has 78 valence electrons. The summed E-state index contributed by atoms with van der Waals surface area (Å²) in [7, 11) is 2.03. The van der Waals surface area contributed by atoms with Crippen LogP contribution in [0.1, 0.15) is 13.3 Å². The Balaban J connectivity index is 4.08. The largest absolute Gasteiger partial charge is 0.380 e. The molecule has 3 nitrogen and oxygen atoms in total. The van der Waals surface area contributed by atoms with E-state index in [4.69, 9.17) is 5.26 Å². The van der Waals surface area contributed by atoms with Crippen molar-refractivity contribution in [1.29, 1.82) is 5.26 Å². The topological polar surface area (TPSA) is 39.1 Å². The number of allylic oxidation sites excluding steroid dienone is 1. The van der Waals surface area contributed by atoms with Gasteiger partial charge < -0.3 is 10.2 Å². The van der Waals surface area contributed by atoms with E-state index in [0.717, 1.165) is 18.8 Å². The molecule has 3 heteroatoms. The molecule has 0 saturated heterocycles. The number of nitrogens with one attached hydrogen (secondary N) is 1. The number of nitriles is 1. The summed E-state index contributed by atoms with van der Waals surface area (Å²) in [4.78, 5) is 2.16. The first-order valence-electron chi connectivity index (χ1n) is 4.77. The minimum atomic E-state index is 0.135. The molecule has 0 radical (unpaired) electrons. The van der Waals surface area contributed by atoms with Gasteiger partial charge in [0, 0.05) is 12.2 Å². The summed E-state index contributed by atoms with van der Waals surface area (Å²) in [6.45, 7) is 11.3. The van der Waals surface area contributed by atoms with Crippen LogP contribution in [0.15, 0.2) is 24.9 Å². The smallest absolute Gasteiger partial charge is 0.0643 e. The van der Waals surface area contributed by atoms with Crippen LogP contribution in [0.4, 0.5) is 0 Å². The van der Waals surface area contributed by atoms with Gasteiger partial charge in [0.2, 0.25) is 0 Å². The molecular weight excluding hydrogens is 174 g/mol. The molecule has 1 atom stereocenters. The minimum absolute atomic E-state index is 0.135. The lowest BCUT2D eigenvalue weighted by molar-refractivity contribution is 0.312. The zero-order valence-corrected chi connectivity index (χ0v) is 9.08. The first kappa shape index (κ1) is 12.7. The molecule has 0 fully saturated rings. The van der Waals surface area contributed by atoms with Gasteiger partial charge in [-0.1, -0.05) is 20.1 Å². The second-order valence-corrected chi connectivity index (χ2v) is 3.29. The molecule has 0 aromatic carbocycles. The molecule has 0 rings (SSSR count). The standard InChI is InChI=1S/C11H19N3/c1-5-10(3)13-11(7-8-12)9-14(4)6-2/h5,11,13H,1,3,6-7,9H2,2,4H3. The lowest BCUT2D eigenvalue weighted by atomic mass is 10.2. The van der Waals surface area contributed by atoms with E-state index in [1.807, 2.05) is 7.05 Å². The van der Waals surface area contributed by atoms with Crippen LogP contribution in [0, 0.1) is 11.3 Å². The Morgan fingerprint density at radius 1 is 1.71 bits per heavy atom. The van der Waals surface area contributed by atoms with Gasteiger partial charge in [0.05, 0.1) is 18.5 Å². The fourth-order valence-corrected chi connectivity index (χ4v) is 1.10. The fraction of sp³-hybridized carbons (Fsp3) is 0.545. The van der Waals surface area contributed by atoms with Gasteiger partial charge in [-0.3, -0.25) is 0 Å². The van der Waals surface area contributed by atoms with Gasteiger partial charge in [0.15, 0.2) is 0 Å². The van der Waals surface area contributed by atoms with Crippen molar-refractivity contribution >= 4 is 0 Å². The number of rotatable bonds is 7. The zero-order chi connectivity index (χ0) is 11.0. The van der Waals surface area contributed by atoms with Crippen molar-refractivity contribution in [3.63, 3.8) is 0 Å². The highest BCUT2D eigenvalue weighted by atomic mass is 15.1. The average molecular weight is 193 g/mol. The molecule has 0 aliphatic carbocycles. The van der Waals surface area contributed by atoms with Gasteiger partial charge in [0.25, 0.3) is 0 Å². The van der Waals surface area contributed by atoms with E-state index < -0.39 is 0 Å². The van der Waals surface area contributed by atoms with Gasteiger partial charge in [-0.15, -0.1) is 0 Å². The molecule has 0 amide bonds. The van der Waals surface area contributed by atoms with Crippen LogP contribution in [0.3, 0.4) is 0 Å². The summed E-state index contributed by atoms with van der Waals surface area (Å²) < 4.78 is 0. The van der Waals surface area contributed by atoms with Crippen molar-refractivity contribution < 1.29 is 0 Å². The molecule has 0 aliphatic heterocycles. The van der Waals surface area contributed by atoms with Gasteiger partial charge in [0.1, 0.15) is 0 Å². The summed E-state index contributed by atoms with van der Waals surface area (Å²) >= 11 is 0. The summed E-state index contributed by atoms with van der Waals surface area (Å²) in [6, 6.07) is 2.30. The van der Waals surface area contributed by atoms with Gasteiger partial charge in [-0.25, -0.2) is 0 Å². The van der Waals surface area contributed by atoms with Crippen LogP contribution >= 0.6 is 0 Å². The molecule has 0 aliphatic rings. The summed E-state index contributed by atoms with van der Waals surface area (Å²) in [6.07, 6.45) is 2.15. The molecule has 1 N–H and O–H groups in total.